The number of carbonyl (C=O) groups excluding carboxylic acids is 1. The highest BCUT2D eigenvalue weighted by molar-refractivity contribution is 6.01. The number of carbonyl (C=O) groups is 1. The molecule has 4 aromatic heterocycles. The first-order valence-corrected chi connectivity index (χ1v) is 19.4. The molecular formula is C44H44N8O6. The highest BCUT2D eigenvalue weighted by Gasteiger charge is 2.22. The van der Waals surface area contributed by atoms with Gasteiger partial charge < -0.3 is 29.0 Å². The van der Waals surface area contributed by atoms with Crippen LogP contribution in [0.25, 0.3) is 50.5 Å². The Hall–Kier alpha value is -6.64. The van der Waals surface area contributed by atoms with E-state index in [1.165, 1.54) is 10.6 Å². The molecule has 0 atom stereocenters. The lowest BCUT2D eigenvalue weighted by molar-refractivity contribution is 0.114. The van der Waals surface area contributed by atoms with Gasteiger partial charge >= 0.3 is 11.8 Å². The smallest absolute Gasteiger partial charge is 0.415 e. The van der Waals surface area contributed by atoms with Gasteiger partial charge in [-0.3, -0.25) is 9.80 Å². The molecule has 7 aromatic rings. The maximum atomic E-state index is 13.1. The fourth-order valence-corrected chi connectivity index (χ4v) is 7.84. The van der Waals surface area contributed by atoms with E-state index in [1.54, 1.807) is 30.3 Å². The number of rotatable bonds is 9. The number of pyridine rings is 2. The third-order valence-corrected chi connectivity index (χ3v) is 11.2. The molecule has 6 heterocycles. The Labute approximate surface area is 333 Å². The number of nitrogens with one attached hydrogen (secondary N) is 1. The predicted octanol–water partition coefficient (Wildman–Crippen LogP) is 6.47. The monoisotopic (exact) mass is 780 g/mol. The number of likely N-dealkylation sites (N-methyl/N-ethyl adjacent to an activating group) is 1. The number of benzene rings is 3. The molecule has 296 valence electrons. The zero-order valence-corrected chi connectivity index (χ0v) is 32.6. The van der Waals surface area contributed by atoms with Gasteiger partial charge in [0.1, 0.15) is 23.9 Å². The minimum atomic E-state index is -0.428. The second-order valence-electron chi connectivity index (χ2n) is 15.4. The molecule has 9 rings (SSSR count). The van der Waals surface area contributed by atoms with Crippen molar-refractivity contribution in [3.05, 3.63) is 118 Å². The SMILES string of the molecule is CC(C)c1cc(-c2n[nH]c(=O)n2-c2ccc(CN3CCN(CCN(C)C(=O)Oc4ccc5nc6c(cc5c4)cn4cc5c(cc64)C=COC5)CC3)cc2)c(O)cc1O. The molecule has 0 radical (unpaired) electrons. The van der Waals surface area contributed by atoms with Gasteiger partial charge in [0.2, 0.25) is 0 Å². The summed E-state index contributed by atoms with van der Waals surface area (Å²) in [6.45, 7) is 9.96. The quantitative estimate of drug-likeness (QED) is 0.149. The summed E-state index contributed by atoms with van der Waals surface area (Å²) in [6.07, 6.45) is 7.45. The summed E-state index contributed by atoms with van der Waals surface area (Å²) in [7, 11) is 1.76. The number of aromatic hydroxyl groups is 2. The largest absolute Gasteiger partial charge is 0.508 e. The summed E-state index contributed by atoms with van der Waals surface area (Å²) in [5, 5.41) is 29.6. The van der Waals surface area contributed by atoms with E-state index >= 15 is 0 Å². The van der Waals surface area contributed by atoms with Crippen molar-refractivity contribution >= 4 is 39.5 Å². The summed E-state index contributed by atoms with van der Waals surface area (Å²) in [4.78, 5) is 37.3. The van der Waals surface area contributed by atoms with Crippen LogP contribution in [-0.2, 0) is 17.9 Å². The van der Waals surface area contributed by atoms with Crippen LogP contribution in [-0.4, -0.2) is 101 Å². The lowest BCUT2D eigenvalue weighted by Gasteiger charge is -2.35. The van der Waals surface area contributed by atoms with Crippen LogP contribution in [0.1, 0.15) is 42.0 Å². The van der Waals surface area contributed by atoms with Crippen LogP contribution >= 0.6 is 0 Å². The van der Waals surface area contributed by atoms with Crippen molar-refractivity contribution in [2.24, 2.45) is 0 Å². The molecule has 2 aliphatic heterocycles. The van der Waals surface area contributed by atoms with Crippen LogP contribution < -0.4 is 10.4 Å². The molecule has 0 saturated carbocycles. The van der Waals surface area contributed by atoms with Gasteiger partial charge in [-0.25, -0.2) is 24.2 Å². The summed E-state index contributed by atoms with van der Waals surface area (Å²) >= 11 is 0. The van der Waals surface area contributed by atoms with E-state index in [0.29, 0.717) is 35.7 Å². The molecule has 0 unspecified atom stereocenters. The van der Waals surface area contributed by atoms with Gasteiger partial charge in [0.25, 0.3) is 0 Å². The minimum absolute atomic E-state index is 0.00413. The summed E-state index contributed by atoms with van der Waals surface area (Å²) in [5.74, 6) is 0.577. The Bertz CT molecular complexity index is 2780. The van der Waals surface area contributed by atoms with E-state index in [4.69, 9.17) is 14.5 Å². The van der Waals surface area contributed by atoms with Crippen molar-refractivity contribution < 1.29 is 24.5 Å². The van der Waals surface area contributed by atoms with Crippen molar-refractivity contribution in [3.63, 3.8) is 0 Å². The van der Waals surface area contributed by atoms with Crippen LogP contribution in [0, 0.1) is 0 Å². The first-order valence-electron chi connectivity index (χ1n) is 19.4. The maximum absolute atomic E-state index is 13.1. The number of aromatic amines is 1. The number of nitrogens with zero attached hydrogens (tertiary/aromatic N) is 7. The molecule has 3 aromatic carbocycles. The van der Waals surface area contributed by atoms with E-state index in [-0.39, 0.29) is 23.2 Å². The third kappa shape index (κ3) is 7.12. The Kier molecular flexibility index (Phi) is 9.58. The Morgan fingerprint density at radius 2 is 1.74 bits per heavy atom. The van der Waals surface area contributed by atoms with Crippen LogP contribution in [0.2, 0.25) is 0 Å². The number of ether oxygens (including phenoxy) is 2. The molecule has 3 N–H and O–H groups in total. The van der Waals surface area contributed by atoms with Crippen molar-refractivity contribution in [1.82, 2.24) is 38.8 Å². The van der Waals surface area contributed by atoms with Gasteiger partial charge in [0, 0.05) is 87.7 Å². The molecule has 1 saturated heterocycles. The van der Waals surface area contributed by atoms with E-state index in [0.717, 1.165) is 83.3 Å². The summed E-state index contributed by atoms with van der Waals surface area (Å²) < 4.78 is 14.8. The van der Waals surface area contributed by atoms with Gasteiger partial charge in [-0.1, -0.05) is 26.0 Å². The van der Waals surface area contributed by atoms with Crippen LogP contribution in [0.15, 0.2) is 90.2 Å². The number of piperazine rings is 1. The summed E-state index contributed by atoms with van der Waals surface area (Å²) in [6, 6.07) is 20.5. The number of hydrogen-bond acceptors (Lipinski definition) is 10. The van der Waals surface area contributed by atoms with Gasteiger partial charge in [0.15, 0.2) is 5.82 Å². The zero-order chi connectivity index (χ0) is 40.1. The molecular weight excluding hydrogens is 737 g/mol. The first-order chi connectivity index (χ1) is 28.1. The molecule has 14 nitrogen and oxygen atoms in total. The normalized spacial score (nSPS) is 14.7. The molecule has 0 bridgehead atoms. The molecule has 0 aliphatic carbocycles. The fourth-order valence-electron chi connectivity index (χ4n) is 7.84. The van der Waals surface area contributed by atoms with Crippen LogP contribution in [0.5, 0.6) is 17.2 Å². The Morgan fingerprint density at radius 1 is 0.948 bits per heavy atom. The van der Waals surface area contributed by atoms with Crippen LogP contribution in [0.3, 0.4) is 0 Å². The van der Waals surface area contributed by atoms with Crippen molar-refractivity contribution in [2.45, 2.75) is 32.9 Å². The highest BCUT2D eigenvalue weighted by atomic mass is 16.6. The second kappa shape index (κ2) is 15.0. The number of H-pyrrole nitrogens is 1. The third-order valence-electron chi connectivity index (χ3n) is 11.2. The van der Waals surface area contributed by atoms with E-state index in [1.807, 2.05) is 56.3 Å². The average molecular weight is 781 g/mol. The molecule has 1 fully saturated rings. The molecule has 2 aliphatic rings. The van der Waals surface area contributed by atoms with E-state index in [9.17, 15) is 19.8 Å². The minimum Gasteiger partial charge on any atom is -0.508 e. The Morgan fingerprint density at radius 3 is 2.53 bits per heavy atom. The Balaban J connectivity index is 0.775. The number of hydrogen-bond donors (Lipinski definition) is 3. The highest BCUT2D eigenvalue weighted by Crippen LogP contribution is 2.37. The molecule has 14 heteroatoms. The number of amides is 1. The zero-order valence-electron chi connectivity index (χ0n) is 32.6. The maximum Gasteiger partial charge on any atom is 0.415 e. The van der Waals surface area contributed by atoms with Crippen molar-refractivity contribution in [3.8, 4) is 34.3 Å². The lowest BCUT2D eigenvalue weighted by Crippen LogP contribution is -2.48. The number of phenolic OH excluding ortho intramolecular Hbond substituents is 2. The molecule has 58 heavy (non-hydrogen) atoms. The van der Waals surface area contributed by atoms with Gasteiger partial charge in [-0.05, 0) is 77.2 Å². The number of fused-ring (bicyclic) bond motifs is 5. The van der Waals surface area contributed by atoms with Crippen molar-refractivity contribution in [2.75, 3.05) is 46.3 Å². The fraction of sp³-hybridized carbons (Fsp3) is 0.273. The van der Waals surface area contributed by atoms with Crippen LogP contribution in [0.4, 0.5) is 4.79 Å². The lowest BCUT2D eigenvalue weighted by atomic mass is 9.98. The van der Waals surface area contributed by atoms with E-state index in [2.05, 4.69) is 48.9 Å². The predicted molar refractivity (Wildman–Crippen MR) is 221 cm³/mol. The number of aromatic nitrogens is 5. The standard InChI is InChI=1S/C44H44N8O6/c1-27(2)35-21-36(40(54)22-39(35)53)42-46-47-43(55)52(42)33-6-4-28(5-7-33)23-50-15-13-49(14-16-50)12-11-48(3)44(56)58-34-8-9-37-30(19-34)18-31-24-51-25-32-26-57-17-10-29(32)20-38(51)41(31)45-37/h4-10,17-22,24-25,27,53-54H,11-16,23,26H2,1-3H3,(H,47,55). The number of phenols is 2. The van der Waals surface area contributed by atoms with E-state index < -0.39 is 11.8 Å². The van der Waals surface area contributed by atoms with Crippen molar-refractivity contribution in [1.29, 1.82) is 0 Å². The molecule has 1 amide bonds. The van der Waals surface area contributed by atoms with Gasteiger partial charge in [-0.15, -0.1) is 0 Å². The topological polar surface area (TPSA) is 154 Å². The van der Waals surface area contributed by atoms with Gasteiger partial charge in [-0.2, -0.15) is 5.10 Å². The average Bonchev–Trinajstić information content (AvgIpc) is 3.77. The first kappa shape index (κ1) is 37.0. The van der Waals surface area contributed by atoms with Gasteiger partial charge in [0.05, 0.1) is 34.1 Å². The summed E-state index contributed by atoms with van der Waals surface area (Å²) in [5.41, 5.74) is 7.33. The molecule has 0 spiro atoms. The second-order valence-corrected chi connectivity index (χ2v) is 15.4.